The number of hydrogen-bond acceptors (Lipinski definition) is 4. The van der Waals surface area contributed by atoms with E-state index in [0.29, 0.717) is 11.5 Å². The zero-order valence-corrected chi connectivity index (χ0v) is 10.9. The van der Waals surface area contributed by atoms with Crippen LogP contribution in [-0.4, -0.2) is 30.8 Å². The van der Waals surface area contributed by atoms with Crippen LogP contribution in [0.15, 0.2) is 18.2 Å². The van der Waals surface area contributed by atoms with E-state index in [0.717, 1.165) is 5.56 Å². The Morgan fingerprint density at radius 2 is 2.11 bits per heavy atom. The minimum atomic E-state index is -0.182. The summed E-state index contributed by atoms with van der Waals surface area (Å²) < 4.78 is 10.5. The summed E-state index contributed by atoms with van der Waals surface area (Å²) in [5, 5.41) is 11.7. The lowest BCUT2D eigenvalue weighted by Crippen LogP contribution is -2.34. The molecule has 0 saturated heterocycles. The van der Waals surface area contributed by atoms with Gasteiger partial charge in [0, 0.05) is 6.04 Å². The molecule has 1 aromatic carbocycles. The molecule has 1 rings (SSSR count). The number of methoxy groups -OCH3 is 1. The third-order valence-electron chi connectivity index (χ3n) is 2.22. The maximum absolute atomic E-state index is 11.4. The second-order valence-electron chi connectivity index (χ2n) is 4.15. The van der Waals surface area contributed by atoms with Crippen LogP contribution in [0.1, 0.15) is 19.4 Å². The van der Waals surface area contributed by atoms with E-state index in [1.807, 2.05) is 13.8 Å². The van der Waals surface area contributed by atoms with Gasteiger partial charge in [0.2, 0.25) is 0 Å². The zero-order valence-electron chi connectivity index (χ0n) is 10.9. The first-order chi connectivity index (χ1) is 8.56. The Balaban J connectivity index is 2.64. The Kier molecular flexibility index (Phi) is 5.45. The van der Waals surface area contributed by atoms with Gasteiger partial charge in [0.1, 0.15) is 0 Å². The SMILES string of the molecule is COc1cc(CO)ccc1OCC(=O)NC(C)C. The summed E-state index contributed by atoms with van der Waals surface area (Å²) >= 11 is 0. The second-order valence-corrected chi connectivity index (χ2v) is 4.15. The Labute approximate surface area is 107 Å². The largest absolute Gasteiger partial charge is 0.493 e. The van der Waals surface area contributed by atoms with Crippen LogP contribution in [0.3, 0.4) is 0 Å². The Morgan fingerprint density at radius 3 is 2.67 bits per heavy atom. The molecule has 5 nitrogen and oxygen atoms in total. The highest BCUT2D eigenvalue weighted by atomic mass is 16.5. The van der Waals surface area contributed by atoms with Crippen molar-refractivity contribution >= 4 is 5.91 Å². The van der Waals surface area contributed by atoms with Gasteiger partial charge in [-0.1, -0.05) is 6.07 Å². The van der Waals surface area contributed by atoms with Gasteiger partial charge in [-0.15, -0.1) is 0 Å². The first kappa shape index (κ1) is 14.3. The molecule has 0 radical (unpaired) electrons. The predicted octanol–water partition coefficient (Wildman–Crippen LogP) is 1.09. The second kappa shape index (κ2) is 6.86. The Hall–Kier alpha value is -1.75. The quantitative estimate of drug-likeness (QED) is 0.796. The van der Waals surface area contributed by atoms with Crippen molar-refractivity contribution in [2.45, 2.75) is 26.5 Å². The van der Waals surface area contributed by atoms with Crippen LogP contribution in [0.5, 0.6) is 11.5 Å². The van der Waals surface area contributed by atoms with Crippen LogP contribution in [0.2, 0.25) is 0 Å². The monoisotopic (exact) mass is 253 g/mol. The Morgan fingerprint density at radius 1 is 1.39 bits per heavy atom. The molecular formula is C13H19NO4. The van der Waals surface area contributed by atoms with E-state index in [-0.39, 0.29) is 25.2 Å². The van der Waals surface area contributed by atoms with E-state index in [4.69, 9.17) is 14.6 Å². The van der Waals surface area contributed by atoms with Crippen molar-refractivity contribution in [1.29, 1.82) is 0 Å². The van der Waals surface area contributed by atoms with Crippen LogP contribution >= 0.6 is 0 Å². The summed E-state index contributed by atoms with van der Waals surface area (Å²) in [6.45, 7) is 3.64. The fourth-order valence-electron chi connectivity index (χ4n) is 1.44. The van der Waals surface area contributed by atoms with Crippen LogP contribution in [0.25, 0.3) is 0 Å². The molecule has 0 atom stereocenters. The minimum absolute atomic E-state index is 0.0625. The number of ether oxygens (including phenoxy) is 2. The summed E-state index contributed by atoms with van der Waals surface area (Å²) in [4.78, 5) is 11.4. The molecule has 0 bridgehead atoms. The number of carbonyl (C=O) groups is 1. The first-order valence-electron chi connectivity index (χ1n) is 5.76. The molecule has 0 aliphatic carbocycles. The standard InChI is InChI=1S/C13H19NO4/c1-9(2)14-13(16)8-18-11-5-4-10(7-15)6-12(11)17-3/h4-6,9,15H,7-8H2,1-3H3,(H,14,16). The summed E-state index contributed by atoms with van der Waals surface area (Å²) in [5.74, 6) is 0.797. The topological polar surface area (TPSA) is 67.8 Å². The minimum Gasteiger partial charge on any atom is -0.493 e. The van der Waals surface area contributed by atoms with E-state index >= 15 is 0 Å². The molecular weight excluding hydrogens is 234 g/mol. The average Bonchev–Trinajstić information content (AvgIpc) is 2.35. The van der Waals surface area contributed by atoms with Gasteiger partial charge >= 0.3 is 0 Å². The predicted molar refractivity (Wildman–Crippen MR) is 67.7 cm³/mol. The lowest BCUT2D eigenvalue weighted by Gasteiger charge is -2.12. The first-order valence-corrected chi connectivity index (χ1v) is 5.76. The van der Waals surface area contributed by atoms with E-state index in [1.54, 1.807) is 18.2 Å². The Bertz CT molecular complexity index is 404. The molecule has 1 aromatic rings. The van der Waals surface area contributed by atoms with Crippen molar-refractivity contribution in [2.24, 2.45) is 0 Å². The van der Waals surface area contributed by atoms with Crippen LogP contribution in [0.4, 0.5) is 0 Å². The number of benzene rings is 1. The lowest BCUT2D eigenvalue weighted by molar-refractivity contribution is -0.123. The van der Waals surface area contributed by atoms with Gasteiger partial charge in [-0.25, -0.2) is 0 Å². The molecule has 100 valence electrons. The van der Waals surface area contributed by atoms with Gasteiger partial charge in [-0.3, -0.25) is 4.79 Å². The third kappa shape index (κ3) is 4.25. The van der Waals surface area contributed by atoms with E-state index in [2.05, 4.69) is 5.32 Å². The molecule has 0 saturated carbocycles. The smallest absolute Gasteiger partial charge is 0.258 e. The maximum atomic E-state index is 11.4. The molecule has 18 heavy (non-hydrogen) atoms. The van der Waals surface area contributed by atoms with Crippen LogP contribution < -0.4 is 14.8 Å². The highest BCUT2D eigenvalue weighted by Gasteiger charge is 2.09. The van der Waals surface area contributed by atoms with Crippen molar-refractivity contribution in [3.05, 3.63) is 23.8 Å². The fourth-order valence-corrected chi connectivity index (χ4v) is 1.44. The van der Waals surface area contributed by atoms with Crippen molar-refractivity contribution in [3.8, 4) is 11.5 Å². The molecule has 0 aliphatic rings. The summed E-state index contributed by atoms with van der Waals surface area (Å²) in [7, 11) is 1.51. The normalized spacial score (nSPS) is 10.3. The van der Waals surface area contributed by atoms with Gasteiger partial charge < -0.3 is 19.9 Å². The molecule has 5 heteroatoms. The summed E-state index contributed by atoms with van der Waals surface area (Å²) in [5.41, 5.74) is 0.728. The molecule has 0 aromatic heterocycles. The van der Waals surface area contributed by atoms with E-state index in [9.17, 15) is 4.79 Å². The van der Waals surface area contributed by atoms with Gasteiger partial charge in [-0.2, -0.15) is 0 Å². The molecule has 0 spiro atoms. The fraction of sp³-hybridized carbons (Fsp3) is 0.462. The maximum Gasteiger partial charge on any atom is 0.258 e. The van der Waals surface area contributed by atoms with Gasteiger partial charge in [0.25, 0.3) is 5.91 Å². The van der Waals surface area contributed by atoms with Gasteiger partial charge in [-0.05, 0) is 31.5 Å². The van der Waals surface area contributed by atoms with Crippen molar-refractivity contribution in [2.75, 3.05) is 13.7 Å². The van der Waals surface area contributed by atoms with E-state index < -0.39 is 0 Å². The van der Waals surface area contributed by atoms with Crippen molar-refractivity contribution in [1.82, 2.24) is 5.32 Å². The molecule has 0 aliphatic heterocycles. The summed E-state index contributed by atoms with van der Waals surface area (Å²) in [6.07, 6.45) is 0. The lowest BCUT2D eigenvalue weighted by atomic mass is 10.2. The molecule has 0 heterocycles. The highest BCUT2D eigenvalue weighted by molar-refractivity contribution is 5.77. The number of aliphatic hydroxyl groups excluding tert-OH is 1. The van der Waals surface area contributed by atoms with E-state index in [1.165, 1.54) is 7.11 Å². The molecule has 2 N–H and O–H groups in total. The van der Waals surface area contributed by atoms with Gasteiger partial charge in [0.05, 0.1) is 13.7 Å². The number of rotatable bonds is 6. The van der Waals surface area contributed by atoms with Crippen molar-refractivity contribution in [3.63, 3.8) is 0 Å². The number of carbonyl (C=O) groups excluding carboxylic acids is 1. The number of hydrogen-bond donors (Lipinski definition) is 2. The average molecular weight is 253 g/mol. The third-order valence-corrected chi connectivity index (χ3v) is 2.22. The molecule has 0 fully saturated rings. The van der Waals surface area contributed by atoms with Crippen molar-refractivity contribution < 1.29 is 19.4 Å². The highest BCUT2D eigenvalue weighted by Crippen LogP contribution is 2.27. The van der Waals surface area contributed by atoms with Gasteiger partial charge in [0.15, 0.2) is 18.1 Å². The number of aliphatic hydroxyl groups is 1. The van der Waals surface area contributed by atoms with Crippen LogP contribution in [0, 0.1) is 0 Å². The molecule has 1 amide bonds. The summed E-state index contributed by atoms with van der Waals surface area (Å²) in [6, 6.07) is 5.15. The molecule has 0 unspecified atom stereocenters. The van der Waals surface area contributed by atoms with Crippen LogP contribution in [-0.2, 0) is 11.4 Å². The zero-order chi connectivity index (χ0) is 13.5. The number of nitrogens with one attached hydrogen (secondary N) is 1. The number of amides is 1.